The Bertz CT molecular complexity index is 277. The number of anilines is 1. The SMILES string of the molecule is COc1nc(N)nc(C)c1[SeH]. The van der Waals surface area contributed by atoms with Crippen molar-refractivity contribution in [2.45, 2.75) is 6.92 Å². The second kappa shape index (κ2) is 3.07. The first-order valence-corrected chi connectivity index (χ1v) is 3.96. The van der Waals surface area contributed by atoms with Crippen molar-refractivity contribution in [2.75, 3.05) is 12.8 Å². The molecule has 0 saturated carbocycles. The van der Waals surface area contributed by atoms with Gasteiger partial charge in [-0.25, -0.2) is 0 Å². The third kappa shape index (κ3) is 1.61. The molecule has 2 N–H and O–H groups in total. The van der Waals surface area contributed by atoms with Gasteiger partial charge in [0.25, 0.3) is 0 Å². The van der Waals surface area contributed by atoms with E-state index in [0.29, 0.717) is 5.88 Å². The van der Waals surface area contributed by atoms with Crippen LogP contribution in [0, 0.1) is 6.92 Å². The molecule has 0 saturated heterocycles. The Morgan fingerprint density at radius 1 is 1.45 bits per heavy atom. The zero-order chi connectivity index (χ0) is 8.43. The number of aryl methyl sites for hydroxylation is 1. The van der Waals surface area contributed by atoms with Gasteiger partial charge in [-0.3, -0.25) is 0 Å². The van der Waals surface area contributed by atoms with Crippen molar-refractivity contribution >= 4 is 26.4 Å². The van der Waals surface area contributed by atoms with Gasteiger partial charge in [0, 0.05) is 0 Å². The Balaban J connectivity index is 3.24. The molecule has 60 valence electrons. The number of nitrogens with two attached hydrogens (primary N) is 1. The van der Waals surface area contributed by atoms with Crippen LogP contribution in [-0.2, 0) is 0 Å². The summed E-state index contributed by atoms with van der Waals surface area (Å²) in [4.78, 5) is 7.83. The number of hydrogen-bond acceptors (Lipinski definition) is 4. The van der Waals surface area contributed by atoms with Gasteiger partial charge < -0.3 is 0 Å². The second-order valence-corrected chi connectivity index (χ2v) is 2.96. The summed E-state index contributed by atoms with van der Waals surface area (Å²) in [5.74, 6) is 0.768. The molecule has 11 heavy (non-hydrogen) atoms. The van der Waals surface area contributed by atoms with Crippen LogP contribution in [0.2, 0.25) is 0 Å². The van der Waals surface area contributed by atoms with Crippen molar-refractivity contribution in [1.29, 1.82) is 0 Å². The van der Waals surface area contributed by atoms with Crippen molar-refractivity contribution in [1.82, 2.24) is 9.97 Å². The van der Waals surface area contributed by atoms with Gasteiger partial charge in [0.15, 0.2) is 0 Å². The zero-order valence-electron chi connectivity index (χ0n) is 6.33. The molecular formula is C6H9N3OSe. The molecule has 0 aliphatic heterocycles. The number of methoxy groups -OCH3 is 1. The van der Waals surface area contributed by atoms with E-state index in [1.807, 2.05) is 6.92 Å². The molecule has 4 nitrogen and oxygen atoms in total. The van der Waals surface area contributed by atoms with E-state index in [1.54, 1.807) is 7.11 Å². The molecule has 0 aliphatic carbocycles. The molecule has 1 heterocycles. The van der Waals surface area contributed by atoms with E-state index in [9.17, 15) is 0 Å². The molecule has 0 aromatic carbocycles. The van der Waals surface area contributed by atoms with Gasteiger partial charge in [-0.1, -0.05) is 0 Å². The number of rotatable bonds is 1. The first-order chi connectivity index (χ1) is 5.15. The van der Waals surface area contributed by atoms with Gasteiger partial charge in [-0.15, -0.1) is 0 Å². The minimum atomic E-state index is 0.245. The summed E-state index contributed by atoms with van der Waals surface area (Å²) in [5.41, 5.74) is 6.22. The fourth-order valence-corrected chi connectivity index (χ4v) is 1.11. The molecule has 1 aromatic rings. The Hall–Kier alpha value is -0.801. The average Bonchev–Trinajstić information content (AvgIpc) is 1.96. The van der Waals surface area contributed by atoms with Gasteiger partial charge in [-0.05, 0) is 0 Å². The van der Waals surface area contributed by atoms with Crippen molar-refractivity contribution in [3.05, 3.63) is 5.69 Å². The number of ether oxygens (including phenoxy) is 1. The fraction of sp³-hybridized carbons (Fsp3) is 0.333. The first kappa shape index (κ1) is 8.30. The third-order valence-electron chi connectivity index (χ3n) is 1.24. The molecule has 0 spiro atoms. The molecule has 0 bridgehead atoms. The quantitative estimate of drug-likeness (QED) is 0.608. The van der Waals surface area contributed by atoms with Gasteiger partial charge in [0.2, 0.25) is 0 Å². The van der Waals surface area contributed by atoms with Gasteiger partial charge in [0.05, 0.1) is 0 Å². The maximum atomic E-state index is 5.39. The van der Waals surface area contributed by atoms with E-state index < -0.39 is 0 Å². The Morgan fingerprint density at radius 2 is 2.09 bits per heavy atom. The first-order valence-electron chi connectivity index (χ1n) is 3.02. The number of nitrogen functional groups attached to an aromatic ring is 1. The number of aromatic nitrogens is 2. The van der Waals surface area contributed by atoms with Crippen molar-refractivity contribution in [3.63, 3.8) is 0 Å². The van der Waals surface area contributed by atoms with Crippen molar-refractivity contribution < 1.29 is 4.74 Å². The summed E-state index contributed by atoms with van der Waals surface area (Å²) in [5, 5.41) is 0. The van der Waals surface area contributed by atoms with Crippen molar-refractivity contribution in [2.24, 2.45) is 0 Å². The van der Waals surface area contributed by atoms with Crippen LogP contribution in [-0.4, -0.2) is 33.1 Å². The molecule has 0 amide bonds. The van der Waals surface area contributed by atoms with Crippen LogP contribution in [0.15, 0.2) is 0 Å². The summed E-state index contributed by atoms with van der Waals surface area (Å²) in [7, 11) is 1.55. The third-order valence-corrected chi connectivity index (χ3v) is 2.32. The Labute approximate surface area is 73.0 Å². The standard InChI is InChI=1S/C6H9N3OSe/c1-3-4(11)5(10-2)9-6(7)8-3/h11H,1-2H3,(H2,7,8,9). The maximum absolute atomic E-state index is 5.39. The number of nitrogens with zero attached hydrogens (tertiary/aromatic N) is 2. The van der Waals surface area contributed by atoms with Crippen LogP contribution < -0.4 is 14.9 Å². The van der Waals surface area contributed by atoms with E-state index in [1.165, 1.54) is 0 Å². The van der Waals surface area contributed by atoms with Crippen LogP contribution in [0.25, 0.3) is 0 Å². The molecule has 0 aliphatic rings. The number of hydrogen-bond donors (Lipinski definition) is 1. The zero-order valence-corrected chi connectivity index (χ0v) is 8.20. The fourth-order valence-electron chi connectivity index (χ4n) is 0.704. The molecular weight excluding hydrogens is 209 g/mol. The summed E-state index contributed by atoms with van der Waals surface area (Å²) in [6.07, 6.45) is 0. The molecule has 0 fully saturated rings. The summed E-state index contributed by atoms with van der Waals surface area (Å²) < 4.78 is 5.83. The topological polar surface area (TPSA) is 61.0 Å². The van der Waals surface area contributed by atoms with E-state index in [4.69, 9.17) is 10.5 Å². The van der Waals surface area contributed by atoms with Crippen LogP contribution in [0.1, 0.15) is 5.69 Å². The average molecular weight is 218 g/mol. The normalized spacial score (nSPS) is 9.73. The van der Waals surface area contributed by atoms with E-state index in [-0.39, 0.29) is 5.95 Å². The van der Waals surface area contributed by atoms with Gasteiger partial charge in [0.1, 0.15) is 0 Å². The monoisotopic (exact) mass is 219 g/mol. The summed E-state index contributed by atoms with van der Waals surface area (Å²) in [6.45, 7) is 1.86. The second-order valence-electron chi connectivity index (χ2n) is 2.03. The molecule has 1 rings (SSSR count). The summed E-state index contributed by atoms with van der Waals surface area (Å²) in [6, 6.07) is 0. The van der Waals surface area contributed by atoms with Crippen LogP contribution in [0.5, 0.6) is 5.88 Å². The van der Waals surface area contributed by atoms with Gasteiger partial charge >= 0.3 is 72.5 Å². The Morgan fingerprint density at radius 3 is 2.64 bits per heavy atom. The molecule has 0 unspecified atom stereocenters. The summed E-state index contributed by atoms with van der Waals surface area (Å²) >= 11 is 2.35. The van der Waals surface area contributed by atoms with Crippen molar-refractivity contribution in [3.8, 4) is 5.88 Å². The minimum absolute atomic E-state index is 0.245. The molecule has 5 heteroatoms. The molecule has 1 aromatic heterocycles. The van der Waals surface area contributed by atoms with Crippen LogP contribution in [0.4, 0.5) is 5.95 Å². The van der Waals surface area contributed by atoms with E-state index >= 15 is 0 Å². The predicted molar refractivity (Wildman–Crippen MR) is 44.5 cm³/mol. The predicted octanol–water partition coefficient (Wildman–Crippen LogP) is -1.10. The Kier molecular flexibility index (Phi) is 2.31. The van der Waals surface area contributed by atoms with E-state index in [0.717, 1.165) is 10.2 Å². The molecule has 0 radical (unpaired) electrons. The van der Waals surface area contributed by atoms with Crippen LogP contribution in [0.3, 0.4) is 0 Å². The molecule has 0 atom stereocenters. The van der Waals surface area contributed by atoms with Gasteiger partial charge in [-0.2, -0.15) is 0 Å². The van der Waals surface area contributed by atoms with E-state index in [2.05, 4.69) is 26.0 Å². The van der Waals surface area contributed by atoms with Crippen LogP contribution >= 0.6 is 0 Å².